The first-order chi connectivity index (χ1) is 14.9. The molecule has 3 aromatic rings. The number of benzene rings is 3. The molecule has 0 atom stereocenters. The van der Waals surface area contributed by atoms with Gasteiger partial charge in [-0.25, -0.2) is 16.8 Å². The van der Waals surface area contributed by atoms with Crippen molar-refractivity contribution in [3.63, 3.8) is 0 Å². The molecule has 0 aliphatic heterocycles. The van der Waals surface area contributed by atoms with Gasteiger partial charge in [-0.2, -0.15) is 0 Å². The number of rotatable bonds is 7. The summed E-state index contributed by atoms with van der Waals surface area (Å²) in [6, 6.07) is 15.8. The van der Waals surface area contributed by atoms with E-state index in [0.717, 1.165) is 6.26 Å². The van der Waals surface area contributed by atoms with Crippen LogP contribution in [0.2, 0.25) is 10.0 Å². The molecule has 0 aliphatic rings. The number of nitrogens with one attached hydrogen (secondary N) is 3. The quantitative estimate of drug-likeness (QED) is 0.431. The maximum Gasteiger partial charge on any atom is 0.261 e. The normalized spacial score (nSPS) is 11.6. The molecule has 0 saturated carbocycles. The molecule has 0 spiro atoms. The zero-order valence-corrected chi connectivity index (χ0v) is 19.6. The van der Waals surface area contributed by atoms with Crippen molar-refractivity contribution in [2.45, 2.75) is 4.90 Å². The molecule has 3 N–H and O–H groups in total. The van der Waals surface area contributed by atoms with Gasteiger partial charge >= 0.3 is 0 Å². The van der Waals surface area contributed by atoms with E-state index in [1.54, 1.807) is 12.1 Å². The third-order valence-corrected chi connectivity index (χ3v) is 6.43. The molecule has 3 rings (SSSR count). The number of anilines is 3. The predicted octanol–water partition coefficient (Wildman–Crippen LogP) is 4.42. The van der Waals surface area contributed by atoms with E-state index in [1.807, 2.05) is 0 Å². The first-order valence-electron chi connectivity index (χ1n) is 8.90. The third kappa shape index (κ3) is 6.36. The van der Waals surface area contributed by atoms with E-state index in [-0.39, 0.29) is 31.9 Å². The Morgan fingerprint density at radius 3 is 1.97 bits per heavy atom. The summed E-state index contributed by atoms with van der Waals surface area (Å²) in [6.45, 7) is 0. The Balaban J connectivity index is 1.77. The molecule has 8 nitrogen and oxygen atoms in total. The van der Waals surface area contributed by atoms with Crippen LogP contribution in [0.25, 0.3) is 0 Å². The molecule has 0 aromatic heterocycles. The van der Waals surface area contributed by atoms with Gasteiger partial charge in [-0.05, 0) is 54.6 Å². The molecule has 0 radical (unpaired) electrons. The van der Waals surface area contributed by atoms with Crippen LogP contribution in [-0.4, -0.2) is 29.0 Å². The highest BCUT2D eigenvalue weighted by molar-refractivity contribution is 7.92. The number of hydrogen-bond donors (Lipinski definition) is 3. The number of carbonyl (C=O) groups is 1. The molecule has 168 valence electrons. The molecule has 12 heteroatoms. The van der Waals surface area contributed by atoms with Crippen LogP contribution in [0.1, 0.15) is 10.4 Å². The van der Waals surface area contributed by atoms with Gasteiger partial charge < -0.3 is 5.32 Å². The van der Waals surface area contributed by atoms with Crippen LogP contribution in [0.15, 0.2) is 71.6 Å². The first-order valence-corrected chi connectivity index (χ1v) is 13.0. The minimum absolute atomic E-state index is 0.0502. The van der Waals surface area contributed by atoms with Crippen molar-refractivity contribution >= 4 is 66.2 Å². The van der Waals surface area contributed by atoms with E-state index >= 15 is 0 Å². The van der Waals surface area contributed by atoms with Crippen LogP contribution in [0.4, 0.5) is 17.1 Å². The van der Waals surface area contributed by atoms with Gasteiger partial charge in [0, 0.05) is 15.7 Å². The highest BCUT2D eigenvalue weighted by Crippen LogP contribution is 2.25. The van der Waals surface area contributed by atoms with Crippen molar-refractivity contribution < 1.29 is 21.6 Å². The van der Waals surface area contributed by atoms with Gasteiger partial charge in [-0.3, -0.25) is 14.2 Å². The van der Waals surface area contributed by atoms with Crippen LogP contribution in [0, 0.1) is 0 Å². The Labute approximate surface area is 195 Å². The van der Waals surface area contributed by atoms with Crippen molar-refractivity contribution in [2.75, 3.05) is 21.0 Å². The van der Waals surface area contributed by atoms with Crippen molar-refractivity contribution in [2.24, 2.45) is 0 Å². The first kappa shape index (κ1) is 23.9. The van der Waals surface area contributed by atoms with E-state index in [2.05, 4.69) is 14.8 Å². The molecular weight excluding hydrogens is 497 g/mol. The zero-order valence-electron chi connectivity index (χ0n) is 16.5. The maximum absolute atomic E-state index is 12.6. The predicted molar refractivity (Wildman–Crippen MR) is 127 cm³/mol. The lowest BCUT2D eigenvalue weighted by Gasteiger charge is -2.12. The van der Waals surface area contributed by atoms with Crippen molar-refractivity contribution in [1.82, 2.24) is 0 Å². The number of amides is 1. The number of halogens is 2. The highest BCUT2D eigenvalue weighted by Gasteiger charge is 2.17. The maximum atomic E-state index is 12.6. The zero-order chi connectivity index (χ0) is 23.5. The van der Waals surface area contributed by atoms with Gasteiger partial charge in [0.1, 0.15) is 0 Å². The number of para-hydroxylation sites is 1. The Morgan fingerprint density at radius 2 is 1.38 bits per heavy atom. The van der Waals surface area contributed by atoms with Crippen molar-refractivity contribution in [3.05, 3.63) is 82.3 Å². The van der Waals surface area contributed by atoms with E-state index in [0.29, 0.717) is 5.69 Å². The lowest BCUT2D eigenvalue weighted by Crippen LogP contribution is -2.17. The van der Waals surface area contributed by atoms with Gasteiger partial charge in [0.2, 0.25) is 10.0 Å². The summed E-state index contributed by atoms with van der Waals surface area (Å²) >= 11 is 11.8. The van der Waals surface area contributed by atoms with E-state index in [4.69, 9.17) is 23.2 Å². The fraction of sp³-hybridized carbons (Fsp3) is 0.0500. The minimum Gasteiger partial charge on any atom is -0.322 e. The fourth-order valence-corrected chi connectivity index (χ4v) is 4.86. The Morgan fingerprint density at radius 1 is 0.781 bits per heavy atom. The third-order valence-electron chi connectivity index (χ3n) is 4.00. The topological polar surface area (TPSA) is 121 Å². The van der Waals surface area contributed by atoms with Crippen molar-refractivity contribution in [3.8, 4) is 0 Å². The summed E-state index contributed by atoms with van der Waals surface area (Å²) in [7, 11) is -7.51. The Bertz CT molecular complexity index is 1360. The Hall–Kier alpha value is -2.79. The van der Waals surface area contributed by atoms with Gasteiger partial charge in [0.05, 0.1) is 28.1 Å². The summed E-state index contributed by atoms with van der Waals surface area (Å²) in [5, 5.41) is 3.16. The van der Waals surface area contributed by atoms with Crippen LogP contribution in [0.5, 0.6) is 0 Å². The molecule has 0 aliphatic carbocycles. The SMILES string of the molecule is CS(=O)(=O)Nc1ccccc1C(=O)Nc1ccc(S(=O)(=O)Nc2cc(Cl)cc(Cl)c2)cc1. The molecule has 0 fully saturated rings. The van der Waals surface area contributed by atoms with E-state index in [9.17, 15) is 21.6 Å². The molecule has 3 aromatic carbocycles. The lowest BCUT2D eigenvalue weighted by atomic mass is 10.1. The lowest BCUT2D eigenvalue weighted by molar-refractivity contribution is 0.102. The second-order valence-electron chi connectivity index (χ2n) is 6.66. The molecular formula is C20H17Cl2N3O5S2. The van der Waals surface area contributed by atoms with Gasteiger partial charge in [-0.1, -0.05) is 35.3 Å². The van der Waals surface area contributed by atoms with E-state index < -0.39 is 26.0 Å². The van der Waals surface area contributed by atoms with Crippen LogP contribution < -0.4 is 14.8 Å². The summed E-state index contributed by atoms with van der Waals surface area (Å²) in [5.41, 5.74) is 0.744. The summed E-state index contributed by atoms with van der Waals surface area (Å²) in [4.78, 5) is 12.6. The van der Waals surface area contributed by atoms with E-state index in [1.165, 1.54) is 54.6 Å². The average molecular weight is 514 g/mol. The second kappa shape index (κ2) is 9.37. The molecule has 0 unspecified atom stereocenters. The number of sulfonamides is 2. The largest absolute Gasteiger partial charge is 0.322 e. The van der Waals surface area contributed by atoms with Crippen LogP contribution in [-0.2, 0) is 20.0 Å². The summed E-state index contributed by atoms with van der Waals surface area (Å²) in [6.07, 6.45) is 0.978. The van der Waals surface area contributed by atoms with Gasteiger partial charge in [0.25, 0.3) is 15.9 Å². The molecule has 0 heterocycles. The minimum atomic E-state index is -3.93. The number of carbonyl (C=O) groups excluding carboxylic acids is 1. The van der Waals surface area contributed by atoms with Gasteiger partial charge in [-0.15, -0.1) is 0 Å². The Kier molecular flexibility index (Phi) is 6.99. The van der Waals surface area contributed by atoms with Crippen LogP contribution >= 0.6 is 23.2 Å². The molecule has 0 bridgehead atoms. The summed E-state index contributed by atoms with van der Waals surface area (Å²) in [5.74, 6) is -0.570. The monoisotopic (exact) mass is 513 g/mol. The highest BCUT2D eigenvalue weighted by atomic mass is 35.5. The molecule has 0 saturated heterocycles. The van der Waals surface area contributed by atoms with Crippen molar-refractivity contribution in [1.29, 1.82) is 0 Å². The molecule has 1 amide bonds. The fourth-order valence-electron chi connectivity index (χ4n) is 2.71. The molecule has 32 heavy (non-hydrogen) atoms. The second-order valence-corrected chi connectivity index (χ2v) is 11.0. The number of hydrogen-bond acceptors (Lipinski definition) is 5. The van der Waals surface area contributed by atoms with Crippen LogP contribution in [0.3, 0.4) is 0 Å². The average Bonchev–Trinajstić information content (AvgIpc) is 2.66. The standard InChI is InChI=1S/C20H17Cl2N3O5S2/c1-31(27,28)25-19-5-3-2-4-18(19)20(26)23-15-6-8-17(9-7-15)32(29,30)24-16-11-13(21)10-14(22)12-16/h2-12,24-25H,1H3,(H,23,26). The van der Waals surface area contributed by atoms with Gasteiger partial charge in [0.15, 0.2) is 0 Å². The smallest absolute Gasteiger partial charge is 0.261 e. The summed E-state index contributed by atoms with van der Waals surface area (Å²) < 4.78 is 52.9.